The number of rotatable bonds is 8. The van der Waals surface area contributed by atoms with E-state index in [2.05, 4.69) is 63.5 Å². The average molecular weight is 430 g/mol. The van der Waals surface area contributed by atoms with Crippen molar-refractivity contribution in [1.82, 2.24) is 4.98 Å². The van der Waals surface area contributed by atoms with E-state index in [4.69, 9.17) is 0 Å². The van der Waals surface area contributed by atoms with Gasteiger partial charge in [-0.05, 0) is 59.2 Å². The third-order valence-electron chi connectivity index (χ3n) is 6.51. The number of unbranched alkanes of at least 4 members (excludes halogenated alkanes) is 1. The molecule has 1 aromatic carbocycles. The van der Waals surface area contributed by atoms with E-state index in [0.717, 1.165) is 41.5 Å². The Bertz CT molecular complexity index is 1070. The van der Waals surface area contributed by atoms with Gasteiger partial charge in [-0.25, -0.2) is 0 Å². The van der Waals surface area contributed by atoms with Gasteiger partial charge in [0.15, 0.2) is 5.78 Å². The van der Waals surface area contributed by atoms with E-state index in [1.54, 1.807) is 6.20 Å². The van der Waals surface area contributed by atoms with Crippen molar-refractivity contribution in [2.24, 2.45) is 0 Å². The Kier molecular flexibility index (Phi) is 7.18. The summed E-state index contributed by atoms with van der Waals surface area (Å²) in [6, 6.07) is 8.49. The molecule has 0 aliphatic heterocycles. The summed E-state index contributed by atoms with van der Waals surface area (Å²) in [6.45, 7) is 15.3. The number of aryl methyl sites for hydroxylation is 1. The zero-order chi connectivity index (χ0) is 23.5. The summed E-state index contributed by atoms with van der Waals surface area (Å²) < 4.78 is 0. The Balaban J connectivity index is 1.82. The highest BCUT2D eigenvalue weighted by atomic mass is 16.2. The van der Waals surface area contributed by atoms with Crippen LogP contribution in [-0.2, 0) is 16.6 Å². The minimum atomic E-state index is -0.00128. The number of aliphatic hydroxyl groups is 1. The van der Waals surface area contributed by atoms with E-state index in [1.807, 2.05) is 19.1 Å². The predicted molar refractivity (Wildman–Crippen MR) is 133 cm³/mol. The number of ketones is 1. The minimum Gasteiger partial charge on any atom is -0.515 e. The molecular formula is C29H35NO2. The van der Waals surface area contributed by atoms with Crippen LogP contribution in [0.1, 0.15) is 86.4 Å². The van der Waals surface area contributed by atoms with E-state index in [0.29, 0.717) is 24.3 Å². The number of carbonyl (C=O) groups excluding carboxylic acids is 1. The first kappa shape index (κ1) is 23.7. The summed E-state index contributed by atoms with van der Waals surface area (Å²) in [5.41, 5.74) is 8.11. The Morgan fingerprint density at radius 3 is 2.66 bits per heavy atom. The van der Waals surface area contributed by atoms with Crippen molar-refractivity contribution in [1.29, 1.82) is 0 Å². The van der Waals surface area contributed by atoms with Gasteiger partial charge in [-0.3, -0.25) is 9.78 Å². The molecule has 0 saturated carbocycles. The Labute approximate surface area is 192 Å². The predicted octanol–water partition coefficient (Wildman–Crippen LogP) is 7.15. The lowest BCUT2D eigenvalue weighted by Crippen LogP contribution is -2.21. The van der Waals surface area contributed by atoms with Crippen LogP contribution in [0.25, 0.3) is 5.57 Å². The number of aliphatic hydroxyl groups excluding tert-OH is 1. The Morgan fingerprint density at radius 2 is 2.03 bits per heavy atom. The van der Waals surface area contributed by atoms with Gasteiger partial charge in [-0.1, -0.05) is 65.0 Å². The SMILES string of the molecule is C=C(c1ccc(C/C(=C\O)C(=O)CCCC)cn1)c1cc2c(cc1C)C(C)(C)C=CC2C. The maximum atomic E-state index is 12.3. The maximum Gasteiger partial charge on any atom is 0.162 e. The smallest absolute Gasteiger partial charge is 0.162 e. The molecule has 1 aromatic heterocycles. The van der Waals surface area contributed by atoms with Gasteiger partial charge in [0, 0.05) is 35.6 Å². The van der Waals surface area contributed by atoms with Crippen LogP contribution in [0, 0.1) is 6.92 Å². The molecule has 1 unspecified atom stereocenters. The molecule has 1 N–H and O–H groups in total. The lowest BCUT2D eigenvalue weighted by atomic mass is 9.72. The fraction of sp³-hybridized carbons (Fsp3) is 0.379. The van der Waals surface area contributed by atoms with Gasteiger partial charge in [0.2, 0.25) is 0 Å². The van der Waals surface area contributed by atoms with Crippen molar-refractivity contribution in [3.05, 3.63) is 94.5 Å². The van der Waals surface area contributed by atoms with Crippen LogP contribution in [0.3, 0.4) is 0 Å². The lowest BCUT2D eigenvalue weighted by molar-refractivity contribution is -0.115. The molecule has 3 rings (SSSR count). The highest BCUT2D eigenvalue weighted by Gasteiger charge is 2.27. The molecule has 1 aliphatic carbocycles. The second-order valence-electron chi connectivity index (χ2n) is 9.51. The van der Waals surface area contributed by atoms with Crippen molar-refractivity contribution in [2.75, 3.05) is 0 Å². The number of nitrogens with zero attached hydrogens (tertiary/aromatic N) is 1. The van der Waals surface area contributed by atoms with Crippen molar-refractivity contribution in [2.45, 2.75) is 71.6 Å². The fourth-order valence-electron chi connectivity index (χ4n) is 4.34. The second-order valence-corrected chi connectivity index (χ2v) is 9.51. The quantitative estimate of drug-likeness (QED) is 0.275. The summed E-state index contributed by atoms with van der Waals surface area (Å²) in [7, 11) is 0. The normalized spacial score (nSPS) is 17.2. The third-order valence-corrected chi connectivity index (χ3v) is 6.51. The van der Waals surface area contributed by atoms with Crippen LogP contribution >= 0.6 is 0 Å². The summed E-state index contributed by atoms with van der Waals surface area (Å²) in [5, 5.41) is 9.51. The van der Waals surface area contributed by atoms with Gasteiger partial charge < -0.3 is 5.11 Å². The van der Waals surface area contributed by atoms with Crippen molar-refractivity contribution < 1.29 is 9.90 Å². The largest absolute Gasteiger partial charge is 0.515 e. The Morgan fingerprint density at radius 1 is 1.28 bits per heavy atom. The van der Waals surface area contributed by atoms with Gasteiger partial charge in [-0.2, -0.15) is 0 Å². The number of fused-ring (bicyclic) bond motifs is 1. The van der Waals surface area contributed by atoms with Gasteiger partial charge in [0.25, 0.3) is 0 Å². The van der Waals surface area contributed by atoms with Gasteiger partial charge >= 0.3 is 0 Å². The maximum absolute atomic E-state index is 12.3. The molecule has 0 amide bonds. The number of pyridine rings is 1. The van der Waals surface area contributed by atoms with Gasteiger partial charge in [0.05, 0.1) is 12.0 Å². The number of carbonyl (C=O) groups is 1. The highest BCUT2D eigenvalue weighted by Crippen LogP contribution is 2.40. The van der Waals surface area contributed by atoms with Crippen molar-refractivity contribution in [3.63, 3.8) is 0 Å². The number of allylic oxidation sites excluding steroid dienone is 3. The fourth-order valence-corrected chi connectivity index (χ4v) is 4.34. The monoisotopic (exact) mass is 429 g/mol. The molecule has 1 heterocycles. The topological polar surface area (TPSA) is 50.2 Å². The second kappa shape index (κ2) is 9.68. The molecule has 0 radical (unpaired) electrons. The van der Waals surface area contributed by atoms with Crippen LogP contribution in [-0.4, -0.2) is 15.9 Å². The molecule has 0 bridgehead atoms. The van der Waals surface area contributed by atoms with Crippen LogP contribution in [0.5, 0.6) is 0 Å². The van der Waals surface area contributed by atoms with E-state index >= 15 is 0 Å². The number of aromatic nitrogens is 1. The molecule has 0 saturated heterocycles. The number of hydrogen-bond donors (Lipinski definition) is 1. The standard InChI is InChI=1S/C29H35NO2/c1-7-8-9-28(32)23(18-31)15-22-10-11-27(30-17-22)21(4)24-16-25-19(2)12-13-29(5,6)26(25)14-20(24)3/h10-14,16-19,31H,4,7-9,15H2,1-3,5-6H3/b23-18+. The van der Waals surface area contributed by atoms with E-state index in [1.165, 1.54) is 16.7 Å². The summed E-state index contributed by atoms with van der Waals surface area (Å²) in [6.07, 6.45) is 9.94. The van der Waals surface area contributed by atoms with Crippen molar-refractivity contribution >= 4 is 11.4 Å². The summed E-state index contributed by atoms with van der Waals surface area (Å²) in [4.78, 5) is 16.9. The molecule has 0 fully saturated rings. The average Bonchev–Trinajstić information content (AvgIpc) is 2.78. The summed E-state index contributed by atoms with van der Waals surface area (Å²) >= 11 is 0. The molecule has 32 heavy (non-hydrogen) atoms. The van der Waals surface area contributed by atoms with Crippen LogP contribution in [0.15, 0.2) is 61.0 Å². The lowest BCUT2D eigenvalue weighted by Gasteiger charge is -2.32. The van der Waals surface area contributed by atoms with E-state index in [9.17, 15) is 9.90 Å². The molecule has 1 atom stereocenters. The van der Waals surface area contributed by atoms with Crippen molar-refractivity contribution in [3.8, 4) is 0 Å². The first-order chi connectivity index (χ1) is 15.2. The molecule has 2 aromatic rings. The molecular weight excluding hydrogens is 394 g/mol. The molecule has 3 nitrogen and oxygen atoms in total. The number of benzene rings is 1. The minimum absolute atomic E-state index is 0.00128. The van der Waals surface area contributed by atoms with Crippen LogP contribution in [0.2, 0.25) is 0 Å². The summed E-state index contributed by atoms with van der Waals surface area (Å²) in [5.74, 6) is 0.369. The van der Waals surface area contributed by atoms with Crippen LogP contribution < -0.4 is 0 Å². The first-order valence-electron chi connectivity index (χ1n) is 11.5. The van der Waals surface area contributed by atoms with Gasteiger partial charge in [0.1, 0.15) is 0 Å². The third kappa shape index (κ3) is 4.93. The van der Waals surface area contributed by atoms with E-state index < -0.39 is 0 Å². The molecule has 3 heteroatoms. The zero-order valence-corrected chi connectivity index (χ0v) is 20.0. The number of Topliss-reactive ketones (excluding diaryl/α,β-unsaturated/α-hetero) is 1. The van der Waals surface area contributed by atoms with Crippen LogP contribution in [0.4, 0.5) is 0 Å². The highest BCUT2D eigenvalue weighted by molar-refractivity contribution is 5.95. The number of hydrogen-bond acceptors (Lipinski definition) is 3. The van der Waals surface area contributed by atoms with E-state index in [-0.39, 0.29) is 11.2 Å². The van der Waals surface area contributed by atoms with Gasteiger partial charge in [-0.15, -0.1) is 0 Å². The zero-order valence-electron chi connectivity index (χ0n) is 20.0. The molecule has 0 spiro atoms. The molecule has 1 aliphatic rings. The first-order valence-corrected chi connectivity index (χ1v) is 11.5. The molecule has 168 valence electrons. The Hall–Kier alpha value is -2.94.